The van der Waals surface area contributed by atoms with Crippen LogP contribution in [0.5, 0.6) is 0 Å². The summed E-state index contributed by atoms with van der Waals surface area (Å²) in [7, 11) is 0. The number of aromatic amines is 1. The van der Waals surface area contributed by atoms with Crippen molar-refractivity contribution in [1.82, 2.24) is 9.88 Å². The Morgan fingerprint density at radius 3 is 2.68 bits per heavy atom. The summed E-state index contributed by atoms with van der Waals surface area (Å²) in [4.78, 5) is 29.1. The Balaban J connectivity index is 1.82. The average molecular weight is 297 g/mol. The van der Waals surface area contributed by atoms with Crippen molar-refractivity contribution in [2.45, 2.75) is 18.9 Å². The lowest BCUT2D eigenvalue weighted by Gasteiger charge is -2.16. The third kappa shape index (κ3) is 2.67. The zero-order valence-electron chi connectivity index (χ0n) is 12.5. The van der Waals surface area contributed by atoms with Crippen molar-refractivity contribution in [2.24, 2.45) is 5.73 Å². The van der Waals surface area contributed by atoms with E-state index in [-0.39, 0.29) is 28.9 Å². The maximum atomic E-state index is 12.6. The molecule has 1 aromatic heterocycles. The standard InChI is InChI=1S/C17H19N3O2/c1-11-7-16(21)13(8-19-11)17(22)20-9-14(15(18)10-20)12-5-3-2-4-6-12/h2-8,14-15H,9-10,18H2,1H3,(H,19,21)/t14-,15+/m0/s1. The van der Waals surface area contributed by atoms with Crippen LogP contribution >= 0.6 is 0 Å². The van der Waals surface area contributed by atoms with Gasteiger partial charge < -0.3 is 15.6 Å². The Hall–Kier alpha value is -2.40. The molecule has 1 fully saturated rings. The molecule has 1 aromatic carbocycles. The van der Waals surface area contributed by atoms with Gasteiger partial charge in [-0.15, -0.1) is 0 Å². The molecule has 3 N–H and O–H groups in total. The maximum absolute atomic E-state index is 12.6. The van der Waals surface area contributed by atoms with E-state index in [0.29, 0.717) is 13.1 Å². The van der Waals surface area contributed by atoms with Gasteiger partial charge in [-0.25, -0.2) is 0 Å². The fraction of sp³-hybridized carbons (Fsp3) is 0.294. The van der Waals surface area contributed by atoms with Crippen molar-refractivity contribution in [2.75, 3.05) is 13.1 Å². The SMILES string of the molecule is Cc1cc(=O)c(C(=O)N2C[C@@H](N)[C@H](c3ccccc3)C2)c[nH]1. The Morgan fingerprint density at radius 2 is 2.00 bits per heavy atom. The number of H-pyrrole nitrogens is 1. The zero-order valence-corrected chi connectivity index (χ0v) is 12.5. The van der Waals surface area contributed by atoms with Crippen LogP contribution in [-0.4, -0.2) is 34.9 Å². The quantitative estimate of drug-likeness (QED) is 0.875. The molecule has 22 heavy (non-hydrogen) atoms. The molecule has 2 aromatic rings. The minimum absolute atomic E-state index is 0.106. The summed E-state index contributed by atoms with van der Waals surface area (Å²) < 4.78 is 0. The second kappa shape index (κ2) is 5.77. The molecule has 1 aliphatic heterocycles. The van der Waals surface area contributed by atoms with Crippen LogP contribution in [0, 0.1) is 6.92 Å². The Labute approximate surface area is 128 Å². The highest BCUT2D eigenvalue weighted by atomic mass is 16.2. The molecule has 114 valence electrons. The van der Waals surface area contributed by atoms with Crippen molar-refractivity contribution in [1.29, 1.82) is 0 Å². The van der Waals surface area contributed by atoms with Crippen LogP contribution in [0.4, 0.5) is 0 Å². The molecule has 1 saturated heterocycles. The van der Waals surface area contributed by atoms with Crippen LogP contribution in [0.25, 0.3) is 0 Å². The molecule has 1 amide bonds. The number of benzene rings is 1. The number of carbonyl (C=O) groups is 1. The zero-order chi connectivity index (χ0) is 15.7. The van der Waals surface area contributed by atoms with E-state index < -0.39 is 0 Å². The van der Waals surface area contributed by atoms with Gasteiger partial charge in [0.15, 0.2) is 5.43 Å². The highest BCUT2D eigenvalue weighted by Crippen LogP contribution is 2.26. The van der Waals surface area contributed by atoms with Crippen LogP contribution in [0.3, 0.4) is 0 Å². The summed E-state index contributed by atoms with van der Waals surface area (Å²) >= 11 is 0. The number of nitrogens with one attached hydrogen (secondary N) is 1. The molecular formula is C17H19N3O2. The number of hydrogen-bond acceptors (Lipinski definition) is 3. The number of hydrogen-bond donors (Lipinski definition) is 2. The second-order valence-electron chi connectivity index (χ2n) is 5.79. The van der Waals surface area contributed by atoms with Crippen molar-refractivity contribution in [3.63, 3.8) is 0 Å². The topological polar surface area (TPSA) is 79.2 Å². The summed E-state index contributed by atoms with van der Waals surface area (Å²) in [6.07, 6.45) is 1.49. The van der Waals surface area contributed by atoms with E-state index >= 15 is 0 Å². The molecule has 5 heteroatoms. The summed E-state index contributed by atoms with van der Waals surface area (Å²) in [6.45, 7) is 2.79. The number of rotatable bonds is 2. The number of likely N-dealkylation sites (tertiary alicyclic amines) is 1. The molecule has 0 bridgehead atoms. The average Bonchev–Trinajstić information content (AvgIpc) is 2.89. The van der Waals surface area contributed by atoms with Crippen LogP contribution in [0.1, 0.15) is 27.5 Å². The lowest BCUT2D eigenvalue weighted by molar-refractivity contribution is 0.0787. The minimum Gasteiger partial charge on any atom is -0.364 e. The lowest BCUT2D eigenvalue weighted by Crippen LogP contribution is -2.34. The van der Waals surface area contributed by atoms with Gasteiger partial charge in [0.05, 0.1) is 0 Å². The number of nitrogens with two attached hydrogens (primary N) is 1. The summed E-state index contributed by atoms with van der Waals surface area (Å²) in [6, 6.07) is 11.3. The maximum Gasteiger partial charge on any atom is 0.259 e. The normalized spacial score (nSPS) is 21.1. The van der Waals surface area contributed by atoms with Crippen molar-refractivity contribution in [3.8, 4) is 0 Å². The smallest absolute Gasteiger partial charge is 0.259 e. The van der Waals surface area contributed by atoms with Gasteiger partial charge in [-0.1, -0.05) is 30.3 Å². The molecule has 0 aliphatic carbocycles. The van der Waals surface area contributed by atoms with Crippen molar-refractivity contribution in [3.05, 3.63) is 69.6 Å². The monoisotopic (exact) mass is 297 g/mol. The van der Waals surface area contributed by atoms with Crippen molar-refractivity contribution >= 4 is 5.91 Å². The summed E-state index contributed by atoms with van der Waals surface area (Å²) in [5.74, 6) is -0.148. The Morgan fingerprint density at radius 1 is 1.27 bits per heavy atom. The molecule has 0 saturated carbocycles. The molecule has 0 radical (unpaired) electrons. The van der Waals surface area contributed by atoms with Gasteiger partial charge >= 0.3 is 0 Å². The second-order valence-corrected chi connectivity index (χ2v) is 5.79. The summed E-state index contributed by atoms with van der Waals surface area (Å²) in [5, 5.41) is 0. The van der Waals surface area contributed by atoms with Gasteiger partial charge in [0, 0.05) is 43.0 Å². The minimum atomic E-state index is -0.255. The van der Waals surface area contributed by atoms with E-state index in [2.05, 4.69) is 4.98 Å². The first kappa shape index (κ1) is 14.5. The van der Waals surface area contributed by atoms with Gasteiger partial charge in [0.1, 0.15) is 5.56 Å². The van der Waals surface area contributed by atoms with Crippen LogP contribution in [0.2, 0.25) is 0 Å². The van der Waals surface area contributed by atoms with E-state index in [1.165, 1.54) is 12.3 Å². The fourth-order valence-corrected chi connectivity index (χ4v) is 2.96. The Bertz CT molecular complexity index is 739. The largest absolute Gasteiger partial charge is 0.364 e. The predicted octanol–water partition coefficient (Wildman–Crippen LogP) is 1.25. The molecule has 2 heterocycles. The van der Waals surface area contributed by atoms with Crippen LogP contribution in [0.15, 0.2) is 47.4 Å². The molecule has 2 atom stereocenters. The first-order valence-corrected chi connectivity index (χ1v) is 7.35. The molecule has 5 nitrogen and oxygen atoms in total. The molecule has 0 unspecified atom stereocenters. The fourth-order valence-electron chi connectivity index (χ4n) is 2.96. The first-order valence-electron chi connectivity index (χ1n) is 7.35. The highest BCUT2D eigenvalue weighted by Gasteiger charge is 2.34. The molecule has 0 spiro atoms. The van der Waals surface area contributed by atoms with E-state index in [0.717, 1.165) is 11.3 Å². The first-order chi connectivity index (χ1) is 10.6. The van der Waals surface area contributed by atoms with Gasteiger partial charge in [-0.2, -0.15) is 0 Å². The Kier molecular flexibility index (Phi) is 3.81. The van der Waals surface area contributed by atoms with E-state index in [1.54, 1.807) is 11.8 Å². The molecular weight excluding hydrogens is 278 g/mol. The number of nitrogens with zero attached hydrogens (tertiary/aromatic N) is 1. The predicted molar refractivity (Wildman–Crippen MR) is 84.9 cm³/mol. The number of aromatic nitrogens is 1. The number of aryl methyl sites for hydroxylation is 1. The molecule has 1 aliphatic rings. The third-order valence-corrected chi connectivity index (χ3v) is 4.17. The number of carbonyl (C=O) groups excluding carboxylic acids is 1. The van der Waals surface area contributed by atoms with Crippen LogP contribution < -0.4 is 11.2 Å². The van der Waals surface area contributed by atoms with E-state index in [1.807, 2.05) is 30.3 Å². The van der Waals surface area contributed by atoms with Gasteiger partial charge in [0.25, 0.3) is 5.91 Å². The lowest BCUT2D eigenvalue weighted by atomic mass is 9.95. The highest BCUT2D eigenvalue weighted by molar-refractivity contribution is 5.94. The van der Waals surface area contributed by atoms with Gasteiger partial charge in [-0.05, 0) is 12.5 Å². The van der Waals surface area contributed by atoms with E-state index in [4.69, 9.17) is 5.73 Å². The van der Waals surface area contributed by atoms with E-state index in [9.17, 15) is 9.59 Å². The van der Waals surface area contributed by atoms with Gasteiger partial charge in [0.2, 0.25) is 0 Å². The number of amides is 1. The number of pyridine rings is 1. The summed E-state index contributed by atoms with van der Waals surface area (Å²) in [5.41, 5.74) is 7.99. The molecule has 3 rings (SSSR count). The van der Waals surface area contributed by atoms with Crippen LogP contribution in [-0.2, 0) is 0 Å². The third-order valence-electron chi connectivity index (χ3n) is 4.17. The van der Waals surface area contributed by atoms with Crippen molar-refractivity contribution < 1.29 is 4.79 Å². The van der Waals surface area contributed by atoms with Gasteiger partial charge in [-0.3, -0.25) is 9.59 Å².